The molecule has 2 atom stereocenters. The van der Waals surface area contributed by atoms with Crippen LogP contribution < -0.4 is 0 Å². The Morgan fingerprint density at radius 3 is 2.62 bits per heavy atom. The van der Waals surface area contributed by atoms with Gasteiger partial charge < -0.3 is 19.6 Å². The molecule has 0 saturated carbocycles. The molecule has 1 aliphatic rings. The van der Waals surface area contributed by atoms with E-state index in [1.807, 2.05) is 42.5 Å². The molecule has 0 spiro atoms. The van der Waals surface area contributed by atoms with Gasteiger partial charge in [0.2, 0.25) is 11.8 Å². The molecule has 154 valence electrons. The van der Waals surface area contributed by atoms with Gasteiger partial charge in [0.15, 0.2) is 0 Å². The van der Waals surface area contributed by atoms with Gasteiger partial charge in [-0.1, -0.05) is 30.3 Å². The van der Waals surface area contributed by atoms with Crippen molar-refractivity contribution in [3.8, 4) is 0 Å². The van der Waals surface area contributed by atoms with E-state index in [4.69, 9.17) is 4.74 Å². The molecule has 2 aromatic rings. The number of nitrogens with zero attached hydrogens (tertiary/aromatic N) is 3. The van der Waals surface area contributed by atoms with Crippen molar-refractivity contribution in [3.63, 3.8) is 0 Å². The summed E-state index contributed by atoms with van der Waals surface area (Å²) in [5, 5.41) is 9.51. The molecule has 1 aromatic heterocycles. The van der Waals surface area contributed by atoms with E-state index in [1.54, 1.807) is 29.3 Å². The average molecular weight is 397 g/mol. The van der Waals surface area contributed by atoms with Gasteiger partial charge in [-0.25, -0.2) is 0 Å². The van der Waals surface area contributed by atoms with Gasteiger partial charge in [-0.2, -0.15) is 0 Å². The van der Waals surface area contributed by atoms with Crippen LogP contribution in [0.1, 0.15) is 23.6 Å². The van der Waals surface area contributed by atoms with E-state index in [0.29, 0.717) is 19.7 Å². The Balaban J connectivity index is 1.88. The zero-order valence-corrected chi connectivity index (χ0v) is 16.6. The lowest BCUT2D eigenvalue weighted by Crippen LogP contribution is -2.40. The molecule has 0 unspecified atom stereocenters. The van der Waals surface area contributed by atoms with Gasteiger partial charge in [0, 0.05) is 45.6 Å². The number of hydrogen-bond donors (Lipinski definition) is 1. The summed E-state index contributed by atoms with van der Waals surface area (Å²) in [7, 11) is 1.60. The van der Waals surface area contributed by atoms with Gasteiger partial charge in [-0.05, 0) is 23.3 Å². The maximum absolute atomic E-state index is 13.5. The lowest BCUT2D eigenvalue weighted by Gasteiger charge is -2.31. The fourth-order valence-corrected chi connectivity index (χ4v) is 3.86. The molecule has 0 radical (unpaired) electrons. The highest BCUT2D eigenvalue weighted by molar-refractivity contribution is 5.90. The summed E-state index contributed by atoms with van der Waals surface area (Å²) < 4.78 is 5.17. The fraction of sp³-hybridized carbons (Fsp3) is 0.409. The molecular weight excluding hydrogens is 370 g/mol. The largest absolute Gasteiger partial charge is 0.395 e. The Hall–Kier alpha value is -2.77. The quantitative estimate of drug-likeness (QED) is 0.696. The minimum absolute atomic E-state index is 0.0536. The zero-order valence-electron chi connectivity index (χ0n) is 16.6. The van der Waals surface area contributed by atoms with Crippen LogP contribution in [0.15, 0.2) is 54.9 Å². The van der Waals surface area contributed by atoms with E-state index in [2.05, 4.69) is 4.98 Å². The number of likely N-dealkylation sites (tertiary alicyclic amines) is 1. The Labute approximate surface area is 170 Å². The van der Waals surface area contributed by atoms with Crippen LogP contribution in [0.2, 0.25) is 0 Å². The highest BCUT2D eigenvalue weighted by atomic mass is 16.5. The molecule has 7 heteroatoms. The number of aliphatic hydroxyl groups is 1. The zero-order chi connectivity index (χ0) is 20.6. The highest BCUT2D eigenvalue weighted by Crippen LogP contribution is 2.39. The maximum Gasteiger partial charge on any atom is 0.229 e. The normalized spacial score (nSPS) is 18.8. The van der Waals surface area contributed by atoms with Crippen LogP contribution in [0.4, 0.5) is 0 Å². The topological polar surface area (TPSA) is 83.0 Å². The van der Waals surface area contributed by atoms with E-state index in [9.17, 15) is 14.7 Å². The first-order valence-corrected chi connectivity index (χ1v) is 9.77. The second-order valence-electron chi connectivity index (χ2n) is 7.08. The number of aromatic nitrogens is 1. The van der Waals surface area contributed by atoms with Gasteiger partial charge in [-0.15, -0.1) is 0 Å². The Morgan fingerprint density at radius 2 is 1.97 bits per heavy atom. The summed E-state index contributed by atoms with van der Waals surface area (Å²) in [6.07, 6.45) is 3.50. The maximum atomic E-state index is 13.5. The van der Waals surface area contributed by atoms with Gasteiger partial charge in [0.05, 0.1) is 25.2 Å². The minimum Gasteiger partial charge on any atom is -0.395 e. The lowest BCUT2D eigenvalue weighted by molar-refractivity contribution is -0.137. The second kappa shape index (κ2) is 10.1. The number of amides is 2. The van der Waals surface area contributed by atoms with Gasteiger partial charge >= 0.3 is 0 Å². The van der Waals surface area contributed by atoms with Crippen LogP contribution in [0.5, 0.6) is 0 Å². The summed E-state index contributed by atoms with van der Waals surface area (Å²) in [5.74, 6) is -0.685. The third kappa shape index (κ3) is 4.99. The molecule has 1 saturated heterocycles. The Kier molecular flexibility index (Phi) is 7.32. The molecule has 7 nitrogen and oxygen atoms in total. The van der Waals surface area contributed by atoms with Gasteiger partial charge in [0.1, 0.15) is 0 Å². The Morgan fingerprint density at radius 1 is 1.24 bits per heavy atom. The summed E-state index contributed by atoms with van der Waals surface area (Å²) in [6.45, 7) is 1.29. The first-order valence-electron chi connectivity index (χ1n) is 9.77. The first kappa shape index (κ1) is 21.0. The molecule has 2 heterocycles. The fourth-order valence-electron chi connectivity index (χ4n) is 3.86. The number of carbonyl (C=O) groups excluding carboxylic acids is 2. The van der Waals surface area contributed by atoms with Crippen LogP contribution in [-0.4, -0.2) is 65.1 Å². The molecule has 1 aromatic carbocycles. The van der Waals surface area contributed by atoms with Crippen molar-refractivity contribution < 1.29 is 19.4 Å². The smallest absolute Gasteiger partial charge is 0.229 e. The second-order valence-corrected chi connectivity index (χ2v) is 7.08. The molecule has 1 aliphatic heterocycles. The summed E-state index contributed by atoms with van der Waals surface area (Å²) in [5.41, 5.74) is 1.86. The van der Waals surface area contributed by atoms with E-state index in [-0.39, 0.29) is 37.4 Å². The number of carbonyl (C=O) groups is 2. The van der Waals surface area contributed by atoms with Crippen LogP contribution in [-0.2, 0) is 20.9 Å². The number of benzene rings is 1. The van der Waals surface area contributed by atoms with Crippen molar-refractivity contribution >= 4 is 11.8 Å². The number of aliphatic hydroxyl groups excluding tert-OH is 1. The van der Waals surface area contributed by atoms with Crippen molar-refractivity contribution in [2.45, 2.75) is 19.0 Å². The minimum atomic E-state index is -0.504. The molecular formula is C22H27N3O4. The van der Waals surface area contributed by atoms with E-state index < -0.39 is 5.92 Å². The van der Waals surface area contributed by atoms with Crippen molar-refractivity contribution in [2.75, 3.05) is 33.4 Å². The third-order valence-corrected chi connectivity index (χ3v) is 5.23. The van der Waals surface area contributed by atoms with Gasteiger partial charge in [0.25, 0.3) is 0 Å². The predicted octanol–water partition coefficient (Wildman–Crippen LogP) is 1.64. The lowest BCUT2D eigenvalue weighted by atomic mass is 9.92. The summed E-state index contributed by atoms with van der Waals surface area (Å²) in [4.78, 5) is 33.6. The molecule has 0 bridgehead atoms. The summed E-state index contributed by atoms with van der Waals surface area (Å²) >= 11 is 0. The van der Waals surface area contributed by atoms with E-state index in [1.165, 1.54) is 0 Å². The van der Waals surface area contributed by atoms with Crippen LogP contribution in [0.3, 0.4) is 0 Å². The van der Waals surface area contributed by atoms with Crippen LogP contribution >= 0.6 is 0 Å². The standard InChI is InChI=1S/C22H27N3O4/c1-29-14-12-25-20(27)15-19(21(25)18-5-3-2-4-6-18)22(28)24(11-13-26)16-17-7-9-23-10-8-17/h2-10,19,21,26H,11-16H2,1H3/t19-,21+/m1/s1. The van der Waals surface area contributed by atoms with Crippen molar-refractivity contribution in [3.05, 3.63) is 66.0 Å². The van der Waals surface area contributed by atoms with E-state index in [0.717, 1.165) is 11.1 Å². The van der Waals surface area contributed by atoms with E-state index >= 15 is 0 Å². The Bertz CT molecular complexity index is 800. The number of rotatable bonds is 9. The third-order valence-electron chi connectivity index (χ3n) is 5.23. The van der Waals surface area contributed by atoms with Crippen molar-refractivity contribution in [1.82, 2.24) is 14.8 Å². The number of methoxy groups -OCH3 is 1. The number of pyridine rings is 1. The van der Waals surface area contributed by atoms with Crippen molar-refractivity contribution in [1.29, 1.82) is 0 Å². The number of ether oxygens (including phenoxy) is 1. The molecule has 1 fully saturated rings. The molecule has 0 aliphatic carbocycles. The summed E-state index contributed by atoms with van der Waals surface area (Å²) in [6, 6.07) is 13.0. The first-order chi connectivity index (χ1) is 14.2. The van der Waals surface area contributed by atoms with Crippen LogP contribution in [0.25, 0.3) is 0 Å². The number of hydrogen-bond acceptors (Lipinski definition) is 5. The molecule has 3 rings (SSSR count). The molecule has 1 N–H and O–H groups in total. The molecule has 29 heavy (non-hydrogen) atoms. The SMILES string of the molecule is COCCN1C(=O)C[C@@H](C(=O)N(CCO)Cc2ccncc2)[C@@H]1c1ccccc1. The molecule has 2 amide bonds. The van der Waals surface area contributed by atoms with Crippen LogP contribution in [0, 0.1) is 5.92 Å². The van der Waals surface area contributed by atoms with Crippen molar-refractivity contribution in [2.24, 2.45) is 5.92 Å². The monoisotopic (exact) mass is 397 g/mol. The highest BCUT2D eigenvalue weighted by Gasteiger charge is 2.45. The van der Waals surface area contributed by atoms with Gasteiger partial charge in [-0.3, -0.25) is 14.6 Å². The average Bonchev–Trinajstić information content (AvgIpc) is 3.09. The predicted molar refractivity (Wildman–Crippen MR) is 108 cm³/mol.